The first-order chi connectivity index (χ1) is 9.99. The molecule has 0 aliphatic rings. The molecule has 0 saturated heterocycles. The van der Waals surface area contributed by atoms with Crippen LogP contribution in [0.25, 0.3) is 0 Å². The van der Waals surface area contributed by atoms with Crippen LogP contribution in [0.15, 0.2) is 42.7 Å². The lowest BCUT2D eigenvalue weighted by Crippen LogP contribution is -2.34. The van der Waals surface area contributed by atoms with Gasteiger partial charge in [-0.3, -0.25) is 9.78 Å². The van der Waals surface area contributed by atoms with Gasteiger partial charge in [0.25, 0.3) is 5.91 Å². The fourth-order valence-electron chi connectivity index (χ4n) is 1.75. The smallest absolute Gasteiger partial charge is 0.330 e. The SMILES string of the molecule is O=C(N[C@@H](C(=O)O)c1ccccc1Cl)c1cncc(O)c1. The van der Waals surface area contributed by atoms with Crippen LogP contribution in [0.2, 0.25) is 5.02 Å². The first-order valence-electron chi connectivity index (χ1n) is 5.91. The van der Waals surface area contributed by atoms with E-state index in [0.29, 0.717) is 0 Å². The summed E-state index contributed by atoms with van der Waals surface area (Å²) in [7, 11) is 0. The number of pyridine rings is 1. The van der Waals surface area contributed by atoms with Gasteiger partial charge in [0.2, 0.25) is 0 Å². The molecule has 0 aliphatic heterocycles. The molecule has 0 unspecified atom stereocenters. The minimum Gasteiger partial charge on any atom is -0.506 e. The van der Waals surface area contributed by atoms with E-state index in [1.165, 1.54) is 30.6 Å². The molecule has 1 aromatic carbocycles. The molecule has 1 heterocycles. The van der Waals surface area contributed by atoms with Gasteiger partial charge in [0.1, 0.15) is 5.75 Å². The standard InChI is InChI=1S/C14H11ClN2O4/c15-11-4-2-1-3-10(11)12(14(20)21)17-13(19)8-5-9(18)7-16-6-8/h1-7,12,18H,(H,17,19)(H,20,21)/t12-/m1/s1. The van der Waals surface area contributed by atoms with Crippen LogP contribution in [0, 0.1) is 0 Å². The molecule has 0 radical (unpaired) electrons. The zero-order valence-corrected chi connectivity index (χ0v) is 11.4. The molecule has 1 amide bonds. The normalized spacial score (nSPS) is 11.7. The second-order valence-electron chi connectivity index (χ2n) is 4.20. The quantitative estimate of drug-likeness (QED) is 0.802. The Labute approximate surface area is 125 Å². The Balaban J connectivity index is 2.27. The zero-order valence-electron chi connectivity index (χ0n) is 10.7. The van der Waals surface area contributed by atoms with Crippen LogP contribution in [0.4, 0.5) is 0 Å². The molecule has 0 fully saturated rings. The Morgan fingerprint density at radius 2 is 1.95 bits per heavy atom. The fraction of sp³-hybridized carbons (Fsp3) is 0.0714. The molecular weight excluding hydrogens is 296 g/mol. The summed E-state index contributed by atoms with van der Waals surface area (Å²) in [4.78, 5) is 27.0. The fourth-order valence-corrected chi connectivity index (χ4v) is 1.99. The summed E-state index contributed by atoms with van der Waals surface area (Å²) in [6, 6.07) is 6.23. The molecule has 3 N–H and O–H groups in total. The maximum absolute atomic E-state index is 12.0. The predicted molar refractivity (Wildman–Crippen MR) is 75.2 cm³/mol. The van der Waals surface area contributed by atoms with Crippen LogP contribution < -0.4 is 5.32 Å². The highest BCUT2D eigenvalue weighted by atomic mass is 35.5. The highest BCUT2D eigenvalue weighted by Crippen LogP contribution is 2.23. The Kier molecular flexibility index (Phi) is 4.39. The molecule has 2 rings (SSSR count). The molecular formula is C14H11ClN2O4. The Morgan fingerprint density at radius 1 is 1.24 bits per heavy atom. The van der Waals surface area contributed by atoms with Crippen LogP contribution in [0.3, 0.4) is 0 Å². The number of rotatable bonds is 4. The summed E-state index contributed by atoms with van der Waals surface area (Å²) in [5.41, 5.74) is 0.321. The van der Waals surface area contributed by atoms with Crippen molar-refractivity contribution in [3.63, 3.8) is 0 Å². The number of carbonyl (C=O) groups is 2. The average molecular weight is 307 g/mol. The molecule has 6 nitrogen and oxygen atoms in total. The summed E-state index contributed by atoms with van der Waals surface area (Å²) < 4.78 is 0. The lowest BCUT2D eigenvalue weighted by atomic mass is 10.1. The van der Waals surface area contributed by atoms with Gasteiger partial charge in [0, 0.05) is 16.8 Å². The zero-order chi connectivity index (χ0) is 15.4. The highest BCUT2D eigenvalue weighted by Gasteiger charge is 2.24. The van der Waals surface area contributed by atoms with E-state index in [4.69, 9.17) is 11.6 Å². The summed E-state index contributed by atoms with van der Waals surface area (Å²) in [6.07, 6.45) is 2.39. The van der Waals surface area contributed by atoms with E-state index < -0.39 is 17.9 Å². The summed E-state index contributed by atoms with van der Waals surface area (Å²) in [5, 5.41) is 21.1. The van der Waals surface area contributed by atoms with Crippen molar-refractivity contribution in [2.24, 2.45) is 0 Å². The van der Waals surface area contributed by atoms with Crippen molar-refractivity contribution in [2.75, 3.05) is 0 Å². The van der Waals surface area contributed by atoms with Crippen LogP contribution in [0.5, 0.6) is 5.75 Å². The number of aromatic nitrogens is 1. The van der Waals surface area contributed by atoms with Crippen molar-refractivity contribution in [3.05, 3.63) is 58.9 Å². The van der Waals surface area contributed by atoms with Crippen molar-refractivity contribution in [1.82, 2.24) is 10.3 Å². The van der Waals surface area contributed by atoms with E-state index >= 15 is 0 Å². The highest BCUT2D eigenvalue weighted by molar-refractivity contribution is 6.31. The topological polar surface area (TPSA) is 99.5 Å². The molecule has 2 aromatic rings. The van der Waals surface area contributed by atoms with Gasteiger partial charge in [-0.05, 0) is 12.1 Å². The number of nitrogens with zero attached hydrogens (tertiary/aromatic N) is 1. The second-order valence-corrected chi connectivity index (χ2v) is 4.61. The van der Waals surface area contributed by atoms with Crippen molar-refractivity contribution < 1.29 is 19.8 Å². The van der Waals surface area contributed by atoms with Gasteiger partial charge in [0.05, 0.1) is 11.8 Å². The van der Waals surface area contributed by atoms with Gasteiger partial charge in [0.15, 0.2) is 6.04 Å². The molecule has 0 saturated carbocycles. The maximum Gasteiger partial charge on any atom is 0.330 e. The van der Waals surface area contributed by atoms with Crippen molar-refractivity contribution in [1.29, 1.82) is 0 Å². The van der Waals surface area contributed by atoms with Gasteiger partial charge in [-0.2, -0.15) is 0 Å². The second kappa shape index (κ2) is 6.23. The molecule has 0 aliphatic carbocycles. The van der Waals surface area contributed by atoms with E-state index in [9.17, 15) is 19.8 Å². The third kappa shape index (κ3) is 3.49. The average Bonchev–Trinajstić information content (AvgIpc) is 2.45. The molecule has 1 atom stereocenters. The number of amides is 1. The van der Waals surface area contributed by atoms with Crippen LogP contribution in [0.1, 0.15) is 22.0 Å². The number of aromatic hydroxyl groups is 1. The molecule has 21 heavy (non-hydrogen) atoms. The van der Waals surface area contributed by atoms with Gasteiger partial charge >= 0.3 is 5.97 Å². The number of benzene rings is 1. The number of hydrogen-bond donors (Lipinski definition) is 3. The summed E-state index contributed by atoms with van der Waals surface area (Å²) in [6.45, 7) is 0. The van der Waals surface area contributed by atoms with Crippen molar-refractivity contribution in [2.45, 2.75) is 6.04 Å². The van der Waals surface area contributed by atoms with Crippen molar-refractivity contribution in [3.8, 4) is 5.75 Å². The maximum atomic E-state index is 12.0. The molecule has 7 heteroatoms. The van der Waals surface area contributed by atoms with E-state index in [0.717, 1.165) is 0 Å². The molecule has 1 aromatic heterocycles. The van der Waals surface area contributed by atoms with Gasteiger partial charge in [-0.15, -0.1) is 0 Å². The number of carbonyl (C=O) groups excluding carboxylic acids is 1. The first kappa shape index (κ1) is 14.8. The van der Waals surface area contributed by atoms with E-state index in [-0.39, 0.29) is 21.9 Å². The third-order valence-corrected chi connectivity index (χ3v) is 3.07. The Morgan fingerprint density at radius 3 is 2.57 bits per heavy atom. The Hall–Kier alpha value is -2.60. The molecule has 108 valence electrons. The summed E-state index contributed by atoms with van der Waals surface area (Å²) >= 11 is 5.95. The minimum absolute atomic E-state index is 0.0494. The number of aliphatic carboxylic acids is 1. The summed E-state index contributed by atoms with van der Waals surface area (Å²) in [5.74, 6) is -2.11. The lowest BCUT2D eigenvalue weighted by Gasteiger charge is -2.16. The number of carboxylic acids is 1. The monoisotopic (exact) mass is 306 g/mol. The van der Waals surface area contributed by atoms with E-state index in [2.05, 4.69) is 10.3 Å². The van der Waals surface area contributed by atoms with Crippen LogP contribution in [-0.2, 0) is 4.79 Å². The molecule has 0 bridgehead atoms. The third-order valence-electron chi connectivity index (χ3n) is 2.72. The van der Waals surface area contributed by atoms with E-state index in [1.807, 2.05) is 0 Å². The minimum atomic E-state index is -1.30. The molecule has 0 spiro atoms. The Bertz CT molecular complexity index is 690. The predicted octanol–water partition coefficient (Wildman–Crippen LogP) is 2.00. The van der Waals surface area contributed by atoms with Crippen molar-refractivity contribution >= 4 is 23.5 Å². The van der Waals surface area contributed by atoms with E-state index in [1.54, 1.807) is 12.1 Å². The van der Waals surface area contributed by atoms with Gasteiger partial charge in [-0.1, -0.05) is 29.8 Å². The van der Waals surface area contributed by atoms with Crippen LogP contribution >= 0.6 is 11.6 Å². The number of carboxylic acid groups (broad SMARTS) is 1. The van der Waals surface area contributed by atoms with Gasteiger partial charge < -0.3 is 15.5 Å². The number of halogens is 1. The van der Waals surface area contributed by atoms with Crippen LogP contribution in [-0.4, -0.2) is 27.1 Å². The first-order valence-corrected chi connectivity index (χ1v) is 6.29. The number of nitrogens with one attached hydrogen (secondary N) is 1. The lowest BCUT2D eigenvalue weighted by molar-refractivity contribution is -0.139. The van der Waals surface area contributed by atoms with Gasteiger partial charge in [-0.25, -0.2) is 4.79 Å². The largest absolute Gasteiger partial charge is 0.506 e. The number of hydrogen-bond acceptors (Lipinski definition) is 4.